The Bertz CT molecular complexity index is 876. The molecule has 1 saturated heterocycles. The molecule has 2 rings (SSSR count). The molecule has 164 valence electrons. The number of nitrogens with zero attached hydrogens (tertiary/aromatic N) is 2. The van der Waals surface area contributed by atoms with E-state index in [0.717, 1.165) is 0 Å². The molecule has 0 bridgehead atoms. The topological polar surface area (TPSA) is 212 Å². The molecular weight excluding hydrogens is 399 g/mol. The number of nitrogens with one attached hydrogen (secondary N) is 1. The number of aliphatic hydroxyl groups excluding tert-OH is 2. The number of alkyl halides is 1. The molecular formula is C15H23FN4O9. The van der Waals surface area contributed by atoms with Crippen LogP contribution in [0.3, 0.4) is 0 Å². The molecule has 1 fully saturated rings. The van der Waals surface area contributed by atoms with Crippen molar-refractivity contribution in [3.63, 3.8) is 0 Å². The summed E-state index contributed by atoms with van der Waals surface area (Å²) in [5.41, 5.74) is -1.95. The van der Waals surface area contributed by atoms with Crippen molar-refractivity contribution < 1.29 is 39.6 Å². The number of hydroxylamine groups is 2. The Morgan fingerprint density at radius 1 is 1.48 bits per heavy atom. The third-order valence-electron chi connectivity index (χ3n) is 4.68. The van der Waals surface area contributed by atoms with Crippen LogP contribution in [0.4, 0.5) is 4.39 Å². The van der Waals surface area contributed by atoms with Gasteiger partial charge in [0.15, 0.2) is 6.30 Å². The number of hydrogen-bond acceptors (Lipinski definition) is 10. The molecule has 1 aliphatic rings. The zero-order chi connectivity index (χ0) is 22.1. The number of halogens is 1. The maximum atomic E-state index is 14.5. The summed E-state index contributed by atoms with van der Waals surface area (Å²) >= 11 is 0. The summed E-state index contributed by atoms with van der Waals surface area (Å²) in [6.45, 7) is 0.701. The molecule has 0 radical (unpaired) electrons. The first kappa shape index (κ1) is 23.1. The minimum atomic E-state index is -3.45. The van der Waals surface area contributed by atoms with Crippen LogP contribution < -0.4 is 17.0 Å². The molecule has 1 aromatic rings. The van der Waals surface area contributed by atoms with E-state index in [1.165, 1.54) is 0 Å². The van der Waals surface area contributed by atoms with Crippen molar-refractivity contribution in [3.8, 4) is 0 Å². The third-order valence-corrected chi connectivity index (χ3v) is 4.68. The maximum absolute atomic E-state index is 14.5. The predicted molar refractivity (Wildman–Crippen MR) is 91.0 cm³/mol. The van der Waals surface area contributed by atoms with Crippen molar-refractivity contribution in [2.45, 2.75) is 56.3 Å². The van der Waals surface area contributed by atoms with Crippen molar-refractivity contribution in [3.05, 3.63) is 32.6 Å². The number of aromatic nitrogens is 2. The molecule has 0 aromatic carbocycles. The van der Waals surface area contributed by atoms with Crippen LogP contribution in [0.2, 0.25) is 0 Å². The minimum absolute atomic E-state index is 0.0448. The highest BCUT2D eigenvalue weighted by Gasteiger charge is 2.71. The summed E-state index contributed by atoms with van der Waals surface area (Å²) in [5, 5.41) is 51.4. The first-order valence-corrected chi connectivity index (χ1v) is 8.65. The van der Waals surface area contributed by atoms with Crippen molar-refractivity contribution in [1.82, 2.24) is 14.6 Å². The first-order chi connectivity index (χ1) is 13.4. The van der Waals surface area contributed by atoms with E-state index in [2.05, 4.69) is 0 Å². The smallest absolute Gasteiger partial charge is 0.332 e. The fourth-order valence-corrected chi connectivity index (χ4v) is 3.05. The van der Waals surface area contributed by atoms with Gasteiger partial charge >= 0.3 is 11.6 Å². The second-order valence-corrected chi connectivity index (χ2v) is 6.58. The highest BCUT2D eigenvalue weighted by atomic mass is 19.1. The highest BCUT2D eigenvalue weighted by Crippen LogP contribution is 2.44. The summed E-state index contributed by atoms with van der Waals surface area (Å²) in [6.07, 6.45) is -5.64. The van der Waals surface area contributed by atoms with Crippen molar-refractivity contribution in [1.29, 1.82) is 0 Å². The van der Waals surface area contributed by atoms with E-state index in [1.54, 1.807) is 11.9 Å². The van der Waals surface area contributed by atoms with Crippen molar-refractivity contribution in [2.24, 2.45) is 5.73 Å². The van der Waals surface area contributed by atoms with Crippen molar-refractivity contribution in [2.75, 3.05) is 6.61 Å². The zero-order valence-corrected chi connectivity index (χ0v) is 15.4. The van der Waals surface area contributed by atoms with Gasteiger partial charge in [0.1, 0.15) is 17.8 Å². The summed E-state index contributed by atoms with van der Waals surface area (Å²) < 4.78 is 19.5. The molecule has 5 atom stereocenters. The molecule has 0 saturated carbocycles. The number of H-pyrrole nitrogens is 1. The van der Waals surface area contributed by atoms with Crippen LogP contribution >= 0.6 is 0 Å². The average Bonchev–Trinajstić information content (AvgIpc) is 2.87. The van der Waals surface area contributed by atoms with Gasteiger partial charge in [-0.1, -0.05) is 13.3 Å². The number of carbonyl (C=O) groups is 1. The van der Waals surface area contributed by atoms with Gasteiger partial charge in [-0.25, -0.2) is 13.8 Å². The lowest BCUT2D eigenvalue weighted by molar-refractivity contribution is -0.428. The summed E-state index contributed by atoms with van der Waals surface area (Å²) in [4.78, 5) is 37.0. The average molecular weight is 422 g/mol. The second kappa shape index (κ2) is 8.27. The van der Waals surface area contributed by atoms with Crippen LogP contribution in [-0.2, 0) is 10.6 Å². The summed E-state index contributed by atoms with van der Waals surface area (Å²) in [5.74, 6) is -4.77. The van der Waals surface area contributed by atoms with E-state index < -0.39 is 64.5 Å². The van der Waals surface area contributed by atoms with Gasteiger partial charge in [-0.2, -0.15) is 0 Å². The van der Waals surface area contributed by atoms with Crippen LogP contribution in [0.1, 0.15) is 36.5 Å². The zero-order valence-electron chi connectivity index (χ0n) is 15.4. The lowest BCUT2D eigenvalue weighted by Crippen LogP contribution is -2.70. The van der Waals surface area contributed by atoms with Gasteiger partial charge in [-0.15, -0.1) is 5.06 Å². The van der Waals surface area contributed by atoms with Crippen LogP contribution in [0, 0.1) is 0 Å². The van der Waals surface area contributed by atoms with E-state index in [0.29, 0.717) is 12.6 Å². The van der Waals surface area contributed by atoms with E-state index in [-0.39, 0.29) is 17.4 Å². The van der Waals surface area contributed by atoms with Crippen LogP contribution in [-0.4, -0.2) is 77.0 Å². The molecule has 1 amide bonds. The third kappa shape index (κ3) is 3.59. The standard InChI is InChI=1S/C15H23FN4O9/c1-2-3-4-9(16)20(28)14(26)10(22)8(6-21)29-15(14,27)19-5-7(11(17)23)12(24)18-13(19)25/h5,8-10,21-22,26-28H,2-4,6H2,1H3,(H2,17,23)(H,18,24,25)/t8-,9?,10-,14-,15-/m1/s1. The number of unbranched alkanes of at least 4 members (excludes halogenated alkanes) is 1. The van der Waals surface area contributed by atoms with Gasteiger partial charge < -0.3 is 36.1 Å². The Morgan fingerprint density at radius 3 is 2.62 bits per heavy atom. The van der Waals surface area contributed by atoms with Gasteiger partial charge in [-0.05, 0) is 12.8 Å². The molecule has 13 nitrogen and oxygen atoms in total. The van der Waals surface area contributed by atoms with Crippen LogP contribution in [0.15, 0.2) is 15.8 Å². The predicted octanol–water partition coefficient (Wildman–Crippen LogP) is -3.14. The monoisotopic (exact) mass is 422 g/mol. The van der Waals surface area contributed by atoms with E-state index >= 15 is 0 Å². The van der Waals surface area contributed by atoms with Gasteiger partial charge in [0.2, 0.25) is 5.72 Å². The van der Waals surface area contributed by atoms with Crippen molar-refractivity contribution >= 4 is 5.91 Å². The maximum Gasteiger partial charge on any atom is 0.332 e. The Balaban J connectivity index is 2.69. The minimum Gasteiger partial charge on any atom is -0.394 e. The van der Waals surface area contributed by atoms with Gasteiger partial charge in [-0.3, -0.25) is 14.6 Å². The number of rotatable bonds is 8. The summed E-state index contributed by atoms with van der Waals surface area (Å²) in [7, 11) is 0. The van der Waals surface area contributed by atoms with Crippen LogP contribution in [0.5, 0.6) is 0 Å². The molecule has 1 aromatic heterocycles. The van der Waals surface area contributed by atoms with Crippen LogP contribution in [0.25, 0.3) is 0 Å². The lowest BCUT2D eigenvalue weighted by atomic mass is 10.00. The van der Waals surface area contributed by atoms with E-state index in [1.807, 2.05) is 0 Å². The fourth-order valence-electron chi connectivity index (χ4n) is 3.05. The lowest BCUT2D eigenvalue weighted by Gasteiger charge is -2.43. The number of carbonyl (C=O) groups excluding carboxylic acids is 1. The second-order valence-electron chi connectivity index (χ2n) is 6.58. The number of nitrogens with two attached hydrogens (primary N) is 1. The Kier molecular flexibility index (Phi) is 6.58. The fraction of sp³-hybridized carbons (Fsp3) is 0.667. The molecule has 0 spiro atoms. The number of aromatic amines is 1. The first-order valence-electron chi connectivity index (χ1n) is 8.65. The highest BCUT2D eigenvalue weighted by molar-refractivity contribution is 5.91. The molecule has 8 N–H and O–H groups in total. The molecule has 29 heavy (non-hydrogen) atoms. The Labute approximate surface area is 162 Å². The number of hydrogen-bond donors (Lipinski definition) is 7. The summed E-state index contributed by atoms with van der Waals surface area (Å²) in [6, 6.07) is 0. The Morgan fingerprint density at radius 2 is 2.10 bits per heavy atom. The van der Waals surface area contributed by atoms with Gasteiger partial charge in [0.25, 0.3) is 11.5 Å². The number of aliphatic hydroxyl groups is 4. The Hall–Kier alpha value is -2.20. The molecule has 0 aliphatic carbocycles. The number of amides is 1. The van der Waals surface area contributed by atoms with E-state index in [4.69, 9.17) is 10.5 Å². The quantitative estimate of drug-likeness (QED) is 0.127. The largest absolute Gasteiger partial charge is 0.394 e. The molecule has 2 heterocycles. The van der Waals surface area contributed by atoms with Gasteiger partial charge in [0.05, 0.1) is 6.61 Å². The molecule has 1 aliphatic heterocycles. The normalized spacial score (nSPS) is 30.6. The van der Waals surface area contributed by atoms with E-state index in [9.17, 15) is 44.4 Å². The molecule has 1 unspecified atom stereocenters. The molecule has 14 heteroatoms. The van der Waals surface area contributed by atoms with Gasteiger partial charge in [0, 0.05) is 6.20 Å². The number of ether oxygens (including phenoxy) is 1. The number of primary amides is 1. The SMILES string of the molecule is CCCCC(F)N(O)[C@@]1(O)[C@H](O)[C@@H](CO)O[C@@]1(O)n1cc(C(N)=O)c(=O)[nH]c1=O.